The number of aryl methyl sites for hydroxylation is 1. The van der Waals surface area contributed by atoms with Gasteiger partial charge in [-0.3, -0.25) is 4.79 Å². The highest BCUT2D eigenvalue weighted by Gasteiger charge is 2.08. The van der Waals surface area contributed by atoms with Crippen LogP contribution in [0, 0.1) is 6.92 Å². The van der Waals surface area contributed by atoms with E-state index in [0.29, 0.717) is 11.3 Å². The van der Waals surface area contributed by atoms with Crippen molar-refractivity contribution in [3.63, 3.8) is 0 Å². The van der Waals surface area contributed by atoms with Crippen LogP contribution in [-0.2, 0) is 0 Å². The van der Waals surface area contributed by atoms with Gasteiger partial charge in [0.2, 0.25) is 0 Å². The van der Waals surface area contributed by atoms with Crippen LogP contribution in [0.4, 0.5) is 17.1 Å². The van der Waals surface area contributed by atoms with Crippen LogP contribution < -0.4 is 16.0 Å². The molecule has 4 nitrogen and oxygen atoms in total. The van der Waals surface area contributed by atoms with Crippen molar-refractivity contribution >= 4 is 23.0 Å². The molecule has 0 bridgehead atoms. The maximum atomic E-state index is 12.2. The van der Waals surface area contributed by atoms with Crippen LogP contribution >= 0.6 is 0 Å². The summed E-state index contributed by atoms with van der Waals surface area (Å²) in [6.45, 7) is 8.10. The Hall–Kier alpha value is -2.49. The number of amides is 1. The molecule has 0 atom stereocenters. The van der Waals surface area contributed by atoms with Crippen molar-refractivity contribution in [2.24, 2.45) is 0 Å². The van der Waals surface area contributed by atoms with Crippen molar-refractivity contribution in [3.05, 3.63) is 53.6 Å². The van der Waals surface area contributed by atoms with Gasteiger partial charge in [0.25, 0.3) is 5.91 Å². The Morgan fingerprint density at radius 1 is 1.09 bits per heavy atom. The maximum Gasteiger partial charge on any atom is 0.255 e. The van der Waals surface area contributed by atoms with Crippen LogP contribution in [-0.4, -0.2) is 19.0 Å². The molecule has 0 saturated carbocycles. The van der Waals surface area contributed by atoms with Crippen molar-refractivity contribution in [2.45, 2.75) is 20.8 Å². The molecule has 0 saturated heterocycles. The molecule has 0 aliphatic rings. The minimum absolute atomic E-state index is 0.151. The first-order valence-corrected chi connectivity index (χ1v) is 7.57. The van der Waals surface area contributed by atoms with Gasteiger partial charge in [-0.2, -0.15) is 0 Å². The number of hydrogen-bond acceptors (Lipinski definition) is 3. The number of rotatable bonds is 5. The third-order valence-electron chi connectivity index (χ3n) is 3.80. The molecule has 3 N–H and O–H groups in total. The molecule has 4 heteroatoms. The van der Waals surface area contributed by atoms with Gasteiger partial charge in [-0.1, -0.05) is 6.07 Å². The first kappa shape index (κ1) is 15.9. The van der Waals surface area contributed by atoms with Crippen LogP contribution in [0.5, 0.6) is 0 Å². The number of carbonyl (C=O) groups is 1. The predicted octanol–water partition coefficient (Wildman–Crippen LogP) is 3.68. The second-order valence-electron chi connectivity index (χ2n) is 5.24. The molecule has 0 radical (unpaired) electrons. The normalized spacial score (nSPS) is 10.3. The fraction of sp³-hybridized carbons (Fsp3) is 0.278. The molecule has 2 rings (SSSR count). The number of nitrogens with one attached hydrogen (secondary N) is 1. The van der Waals surface area contributed by atoms with Gasteiger partial charge in [0.1, 0.15) is 0 Å². The average molecular weight is 297 g/mol. The van der Waals surface area contributed by atoms with E-state index in [9.17, 15) is 4.79 Å². The maximum absolute atomic E-state index is 12.2. The van der Waals surface area contributed by atoms with E-state index in [1.807, 2.05) is 37.3 Å². The van der Waals surface area contributed by atoms with Gasteiger partial charge in [-0.15, -0.1) is 0 Å². The molecule has 22 heavy (non-hydrogen) atoms. The minimum atomic E-state index is -0.151. The van der Waals surface area contributed by atoms with Crippen LogP contribution in [0.3, 0.4) is 0 Å². The summed E-state index contributed by atoms with van der Waals surface area (Å²) in [4.78, 5) is 14.5. The smallest absolute Gasteiger partial charge is 0.255 e. The van der Waals surface area contributed by atoms with Crippen LogP contribution in [0.25, 0.3) is 0 Å². The topological polar surface area (TPSA) is 58.4 Å². The van der Waals surface area contributed by atoms with Crippen molar-refractivity contribution < 1.29 is 4.79 Å². The van der Waals surface area contributed by atoms with E-state index in [2.05, 4.69) is 24.1 Å². The van der Waals surface area contributed by atoms with Gasteiger partial charge >= 0.3 is 0 Å². The fourth-order valence-corrected chi connectivity index (χ4v) is 2.33. The Morgan fingerprint density at radius 2 is 1.73 bits per heavy atom. The summed E-state index contributed by atoms with van der Waals surface area (Å²) in [5.41, 5.74) is 9.95. The Balaban J connectivity index is 2.10. The first-order valence-electron chi connectivity index (χ1n) is 7.57. The SMILES string of the molecule is CCN(CC)c1ccc(NC(=O)c2ccc(C)c(N)c2)cc1. The highest BCUT2D eigenvalue weighted by Crippen LogP contribution is 2.19. The number of benzene rings is 2. The summed E-state index contributed by atoms with van der Waals surface area (Å²) < 4.78 is 0. The quantitative estimate of drug-likeness (QED) is 0.828. The zero-order valence-corrected chi connectivity index (χ0v) is 13.4. The molecule has 2 aromatic rings. The highest BCUT2D eigenvalue weighted by molar-refractivity contribution is 6.04. The third kappa shape index (κ3) is 3.58. The molecule has 0 heterocycles. The summed E-state index contributed by atoms with van der Waals surface area (Å²) in [6, 6.07) is 13.2. The van der Waals surface area contributed by atoms with Crippen LogP contribution in [0.2, 0.25) is 0 Å². The van der Waals surface area contributed by atoms with Crippen molar-refractivity contribution in [2.75, 3.05) is 29.0 Å². The standard InChI is InChI=1S/C18H23N3O/c1-4-21(5-2)16-10-8-15(9-11-16)20-18(22)14-7-6-13(3)17(19)12-14/h6-12H,4-5,19H2,1-3H3,(H,20,22). The number of hydrogen-bond donors (Lipinski definition) is 2. The zero-order valence-electron chi connectivity index (χ0n) is 13.4. The van der Waals surface area contributed by atoms with Crippen molar-refractivity contribution in [1.82, 2.24) is 0 Å². The van der Waals surface area contributed by atoms with E-state index in [-0.39, 0.29) is 5.91 Å². The summed E-state index contributed by atoms with van der Waals surface area (Å²) >= 11 is 0. The number of carbonyl (C=O) groups excluding carboxylic acids is 1. The van der Waals surface area contributed by atoms with Crippen LogP contribution in [0.1, 0.15) is 29.8 Å². The molecule has 116 valence electrons. The van der Waals surface area contributed by atoms with Gasteiger partial charge in [0.05, 0.1) is 0 Å². The zero-order chi connectivity index (χ0) is 16.1. The summed E-state index contributed by atoms with van der Waals surface area (Å²) in [5.74, 6) is -0.151. The molecule has 1 amide bonds. The monoisotopic (exact) mass is 297 g/mol. The minimum Gasteiger partial charge on any atom is -0.398 e. The largest absolute Gasteiger partial charge is 0.398 e. The van der Waals surface area contributed by atoms with Gasteiger partial charge in [0.15, 0.2) is 0 Å². The molecule has 0 aliphatic carbocycles. The molecular formula is C18H23N3O. The molecule has 0 spiro atoms. The Labute approximate surface area is 131 Å². The fourth-order valence-electron chi connectivity index (χ4n) is 2.33. The lowest BCUT2D eigenvalue weighted by molar-refractivity contribution is 0.102. The number of nitrogens with zero attached hydrogens (tertiary/aromatic N) is 1. The molecule has 0 unspecified atom stereocenters. The predicted molar refractivity (Wildman–Crippen MR) is 93.5 cm³/mol. The number of nitrogens with two attached hydrogens (primary N) is 1. The van der Waals surface area contributed by atoms with E-state index in [4.69, 9.17) is 5.73 Å². The van der Waals surface area contributed by atoms with Crippen molar-refractivity contribution in [3.8, 4) is 0 Å². The lowest BCUT2D eigenvalue weighted by atomic mass is 10.1. The molecule has 0 aliphatic heterocycles. The van der Waals surface area contributed by atoms with Gasteiger partial charge in [-0.25, -0.2) is 0 Å². The average Bonchev–Trinajstić information content (AvgIpc) is 2.52. The number of anilines is 3. The van der Waals surface area contributed by atoms with E-state index in [0.717, 1.165) is 30.0 Å². The first-order chi connectivity index (χ1) is 10.5. The van der Waals surface area contributed by atoms with Crippen molar-refractivity contribution in [1.29, 1.82) is 0 Å². The summed E-state index contributed by atoms with van der Waals surface area (Å²) in [5, 5.41) is 2.89. The van der Waals surface area contributed by atoms with Gasteiger partial charge in [0, 0.05) is 35.7 Å². The lowest BCUT2D eigenvalue weighted by Crippen LogP contribution is -2.21. The summed E-state index contributed by atoms with van der Waals surface area (Å²) in [6.07, 6.45) is 0. The number of nitrogen functional groups attached to an aromatic ring is 1. The molecule has 0 fully saturated rings. The second kappa shape index (κ2) is 6.98. The Bertz CT molecular complexity index is 646. The summed E-state index contributed by atoms with van der Waals surface area (Å²) in [7, 11) is 0. The highest BCUT2D eigenvalue weighted by atomic mass is 16.1. The van der Waals surface area contributed by atoms with Crippen LogP contribution in [0.15, 0.2) is 42.5 Å². The van der Waals surface area contributed by atoms with E-state index >= 15 is 0 Å². The lowest BCUT2D eigenvalue weighted by Gasteiger charge is -2.21. The van der Waals surface area contributed by atoms with E-state index in [1.165, 1.54) is 0 Å². The second-order valence-corrected chi connectivity index (χ2v) is 5.24. The van der Waals surface area contributed by atoms with Gasteiger partial charge < -0.3 is 16.0 Å². The molecular weight excluding hydrogens is 274 g/mol. The molecule has 2 aromatic carbocycles. The third-order valence-corrected chi connectivity index (χ3v) is 3.80. The Kier molecular flexibility index (Phi) is 5.04. The van der Waals surface area contributed by atoms with Gasteiger partial charge in [-0.05, 0) is 62.7 Å². The van der Waals surface area contributed by atoms with E-state index < -0.39 is 0 Å². The molecule has 0 aromatic heterocycles. The van der Waals surface area contributed by atoms with E-state index in [1.54, 1.807) is 12.1 Å². The Morgan fingerprint density at radius 3 is 2.27 bits per heavy atom.